The normalized spacial score (nSPS) is 11.2. The molecule has 0 bridgehead atoms. The molecule has 11 nitrogen and oxygen atoms in total. The van der Waals surface area contributed by atoms with Crippen LogP contribution in [-0.2, 0) is 24.8 Å². The molecule has 1 aromatic carbocycles. The first kappa shape index (κ1) is 25.8. The standard InChI is InChI=1S/C28H30N8O3/c1-4-6-9-21-18-36(26-24(14-15-34(26)3)27(37)39-5-2)28(38)35(21)17-20-13-12-19(16-29-20)22-10-7-8-11-23(22)25-30-32-33-31-25/h7-8,10-16,18H,4-6,9,17H2,1-3H3,(H,30,31,32,33). The van der Waals surface area contributed by atoms with E-state index in [1.807, 2.05) is 42.6 Å². The maximum Gasteiger partial charge on any atom is 0.341 e. The van der Waals surface area contributed by atoms with E-state index in [1.165, 1.54) is 4.57 Å². The molecule has 0 radical (unpaired) electrons. The zero-order valence-electron chi connectivity index (χ0n) is 22.2. The number of hydrogen-bond donors (Lipinski definition) is 1. The molecule has 4 aromatic heterocycles. The second-order valence-corrected chi connectivity index (χ2v) is 9.18. The van der Waals surface area contributed by atoms with Crippen LogP contribution in [0.4, 0.5) is 0 Å². The van der Waals surface area contributed by atoms with Gasteiger partial charge in [0.05, 0.1) is 18.8 Å². The van der Waals surface area contributed by atoms with Gasteiger partial charge in [0, 0.05) is 42.5 Å². The predicted octanol–water partition coefficient (Wildman–Crippen LogP) is 3.79. The molecule has 5 rings (SSSR count). The number of nitrogens with one attached hydrogen (secondary N) is 1. The van der Waals surface area contributed by atoms with E-state index < -0.39 is 5.97 Å². The first-order chi connectivity index (χ1) is 19.0. The van der Waals surface area contributed by atoms with E-state index in [4.69, 9.17) is 4.74 Å². The molecule has 4 heterocycles. The Kier molecular flexibility index (Phi) is 7.48. The Hall–Kier alpha value is -4.80. The fraction of sp³-hybridized carbons (Fsp3) is 0.286. The summed E-state index contributed by atoms with van der Waals surface area (Å²) < 4.78 is 10.2. The molecule has 0 aliphatic heterocycles. The van der Waals surface area contributed by atoms with Crippen LogP contribution in [-0.4, -0.2) is 51.9 Å². The highest BCUT2D eigenvalue weighted by atomic mass is 16.5. The second-order valence-electron chi connectivity index (χ2n) is 9.18. The Morgan fingerprint density at radius 3 is 2.59 bits per heavy atom. The number of pyridine rings is 1. The minimum atomic E-state index is -0.457. The predicted molar refractivity (Wildman–Crippen MR) is 146 cm³/mol. The van der Waals surface area contributed by atoms with Crippen molar-refractivity contribution in [1.82, 2.24) is 39.3 Å². The summed E-state index contributed by atoms with van der Waals surface area (Å²) in [4.78, 5) is 31.0. The van der Waals surface area contributed by atoms with Gasteiger partial charge in [-0.3, -0.25) is 14.1 Å². The lowest BCUT2D eigenvalue weighted by atomic mass is 10.0. The Bertz CT molecular complexity index is 1630. The van der Waals surface area contributed by atoms with Crippen molar-refractivity contribution < 1.29 is 9.53 Å². The molecule has 200 valence electrons. The third kappa shape index (κ3) is 5.15. The lowest BCUT2D eigenvalue weighted by Gasteiger charge is -2.10. The fourth-order valence-electron chi connectivity index (χ4n) is 4.65. The van der Waals surface area contributed by atoms with E-state index in [-0.39, 0.29) is 12.3 Å². The van der Waals surface area contributed by atoms with Crippen molar-refractivity contribution in [2.24, 2.45) is 7.05 Å². The summed E-state index contributed by atoms with van der Waals surface area (Å²) in [5, 5.41) is 14.2. The SMILES string of the molecule is CCCCc1cn(-c2c(C(=O)OCC)ccn2C)c(=O)n1Cc1ccc(-c2ccccc2-c2nnn[nH]2)cn1. The minimum Gasteiger partial charge on any atom is -0.462 e. The topological polar surface area (TPSA) is 126 Å². The van der Waals surface area contributed by atoms with Crippen LogP contribution < -0.4 is 5.69 Å². The minimum absolute atomic E-state index is 0.234. The van der Waals surface area contributed by atoms with Crippen LogP contribution in [0.15, 0.2) is 65.8 Å². The lowest BCUT2D eigenvalue weighted by Crippen LogP contribution is -2.27. The first-order valence-electron chi connectivity index (χ1n) is 12.9. The third-order valence-corrected chi connectivity index (χ3v) is 6.59. The molecule has 0 aliphatic rings. The highest BCUT2D eigenvalue weighted by molar-refractivity contribution is 5.93. The number of H-pyrrole nitrogens is 1. The van der Waals surface area contributed by atoms with Crippen LogP contribution in [0.1, 0.15) is 48.4 Å². The highest BCUT2D eigenvalue weighted by Crippen LogP contribution is 2.29. The molecule has 0 amide bonds. The quantitative estimate of drug-likeness (QED) is 0.275. The molecule has 0 saturated heterocycles. The monoisotopic (exact) mass is 526 g/mol. The van der Waals surface area contributed by atoms with Crippen molar-refractivity contribution in [1.29, 1.82) is 0 Å². The van der Waals surface area contributed by atoms with E-state index in [0.29, 0.717) is 23.8 Å². The summed E-state index contributed by atoms with van der Waals surface area (Å²) in [7, 11) is 1.81. The number of carbonyl (C=O) groups is 1. The number of aryl methyl sites for hydroxylation is 2. The average molecular weight is 527 g/mol. The largest absolute Gasteiger partial charge is 0.462 e. The fourth-order valence-corrected chi connectivity index (χ4v) is 4.65. The van der Waals surface area contributed by atoms with E-state index in [0.717, 1.165) is 47.3 Å². The number of esters is 1. The number of tetrazole rings is 1. The summed E-state index contributed by atoms with van der Waals surface area (Å²) in [6.07, 6.45) is 8.03. The summed E-state index contributed by atoms with van der Waals surface area (Å²) >= 11 is 0. The van der Waals surface area contributed by atoms with Gasteiger partial charge >= 0.3 is 11.7 Å². The van der Waals surface area contributed by atoms with Gasteiger partial charge in [-0.05, 0) is 47.9 Å². The van der Waals surface area contributed by atoms with Gasteiger partial charge in [-0.25, -0.2) is 14.7 Å². The number of hydrogen-bond acceptors (Lipinski definition) is 7. The number of nitrogens with zero attached hydrogens (tertiary/aromatic N) is 7. The molecule has 0 saturated carbocycles. The number of imidazole rings is 1. The van der Waals surface area contributed by atoms with Crippen LogP contribution in [0, 0.1) is 0 Å². The van der Waals surface area contributed by atoms with Crippen molar-refractivity contribution >= 4 is 5.97 Å². The smallest absolute Gasteiger partial charge is 0.341 e. The molecular formula is C28H30N8O3. The van der Waals surface area contributed by atoms with Crippen LogP contribution in [0.3, 0.4) is 0 Å². The van der Waals surface area contributed by atoms with Gasteiger partial charge in [-0.2, -0.15) is 0 Å². The van der Waals surface area contributed by atoms with Crippen LogP contribution in [0.2, 0.25) is 0 Å². The molecule has 5 aromatic rings. The van der Waals surface area contributed by atoms with Crippen molar-refractivity contribution in [2.45, 2.75) is 39.7 Å². The first-order valence-corrected chi connectivity index (χ1v) is 12.9. The Morgan fingerprint density at radius 2 is 1.90 bits per heavy atom. The van der Waals surface area contributed by atoms with Crippen molar-refractivity contribution in [3.8, 4) is 28.3 Å². The molecule has 39 heavy (non-hydrogen) atoms. The molecule has 1 N–H and O–H groups in total. The Balaban J connectivity index is 1.49. The zero-order valence-corrected chi connectivity index (χ0v) is 22.2. The molecular weight excluding hydrogens is 496 g/mol. The van der Waals surface area contributed by atoms with E-state index >= 15 is 0 Å². The number of rotatable bonds is 10. The molecule has 0 aliphatic carbocycles. The van der Waals surface area contributed by atoms with Gasteiger partial charge < -0.3 is 9.30 Å². The van der Waals surface area contributed by atoms with E-state index in [9.17, 15) is 9.59 Å². The molecule has 0 atom stereocenters. The van der Waals surface area contributed by atoms with Crippen LogP contribution >= 0.6 is 0 Å². The van der Waals surface area contributed by atoms with Gasteiger partial charge in [0.2, 0.25) is 0 Å². The van der Waals surface area contributed by atoms with Gasteiger partial charge in [0.1, 0.15) is 11.4 Å². The molecule has 11 heteroatoms. The second kappa shape index (κ2) is 11.3. The number of ether oxygens (including phenoxy) is 1. The number of aromatic amines is 1. The number of carbonyl (C=O) groups excluding carboxylic acids is 1. The number of aromatic nitrogens is 8. The van der Waals surface area contributed by atoms with Gasteiger partial charge in [-0.1, -0.05) is 43.7 Å². The summed E-state index contributed by atoms with van der Waals surface area (Å²) in [6.45, 7) is 4.43. The van der Waals surface area contributed by atoms with Crippen molar-refractivity contribution in [3.05, 3.63) is 88.5 Å². The summed E-state index contributed by atoms with van der Waals surface area (Å²) in [5.74, 6) is 0.601. The lowest BCUT2D eigenvalue weighted by molar-refractivity contribution is 0.0526. The van der Waals surface area contributed by atoms with Crippen molar-refractivity contribution in [3.63, 3.8) is 0 Å². The molecule has 0 unspecified atom stereocenters. The molecule has 0 fully saturated rings. The molecule has 0 spiro atoms. The van der Waals surface area contributed by atoms with Crippen LogP contribution in [0.5, 0.6) is 0 Å². The summed E-state index contributed by atoms with van der Waals surface area (Å²) in [6, 6.07) is 13.4. The average Bonchev–Trinajstić information content (AvgIpc) is 3.69. The Morgan fingerprint density at radius 1 is 1.08 bits per heavy atom. The highest BCUT2D eigenvalue weighted by Gasteiger charge is 2.22. The maximum atomic E-state index is 13.7. The van der Waals surface area contributed by atoms with Crippen molar-refractivity contribution in [2.75, 3.05) is 6.61 Å². The zero-order chi connectivity index (χ0) is 27.4. The van der Waals surface area contributed by atoms with Crippen LogP contribution in [0.25, 0.3) is 28.3 Å². The third-order valence-electron chi connectivity index (χ3n) is 6.59. The summed E-state index contributed by atoms with van der Waals surface area (Å²) in [5.41, 5.74) is 4.46. The van der Waals surface area contributed by atoms with E-state index in [1.54, 1.807) is 41.6 Å². The Labute approximate surface area is 225 Å². The number of benzene rings is 1. The van der Waals surface area contributed by atoms with Gasteiger partial charge in [0.25, 0.3) is 0 Å². The van der Waals surface area contributed by atoms with Gasteiger partial charge in [0.15, 0.2) is 5.82 Å². The van der Waals surface area contributed by atoms with Gasteiger partial charge in [-0.15, -0.1) is 5.10 Å². The number of unbranched alkanes of at least 4 members (excludes halogenated alkanes) is 1. The maximum absolute atomic E-state index is 13.7. The van der Waals surface area contributed by atoms with E-state index in [2.05, 4.69) is 32.5 Å².